The van der Waals surface area contributed by atoms with Gasteiger partial charge in [0.15, 0.2) is 0 Å². The van der Waals surface area contributed by atoms with Crippen LogP contribution in [0.2, 0.25) is 0 Å². The second kappa shape index (κ2) is 20.3. The molecule has 0 fully saturated rings. The molecule has 2 N–H and O–H groups in total. The van der Waals surface area contributed by atoms with E-state index in [2.05, 4.69) is 5.32 Å². The first-order valence-corrected chi connectivity index (χ1v) is 15.5. The molecule has 0 aliphatic heterocycles. The van der Waals surface area contributed by atoms with Crippen LogP contribution in [0.3, 0.4) is 0 Å². The standard InChI is InChI=1S/C34H51N3O5/c1-27(2)37(28(3)4)33(38)30-16-20-32(21-17-30)41-24-13-9-12-23-40-31-18-14-29(15-19-31)26-36-34(39)42-25-11-8-6-5-7-10-22-35/h14-22,27-28,35H,5-13,23-26H2,1-4H3,(H,36,39). The van der Waals surface area contributed by atoms with E-state index in [4.69, 9.17) is 19.6 Å². The number of carbonyl (C=O) groups excluding carboxylic acids is 2. The van der Waals surface area contributed by atoms with E-state index >= 15 is 0 Å². The first-order valence-electron chi connectivity index (χ1n) is 15.5. The van der Waals surface area contributed by atoms with E-state index in [0.29, 0.717) is 31.9 Å². The summed E-state index contributed by atoms with van der Waals surface area (Å²) in [5.41, 5.74) is 1.66. The third kappa shape index (κ3) is 13.9. The number of amides is 2. The molecule has 0 bridgehead atoms. The number of hydrogen-bond donors (Lipinski definition) is 2. The van der Waals surface area contributed by atoms with Crippen molar-refractivity contribution in [2.24, 2.45) is 0 Å². The number of benzene rings is 2. The Morgan fingerprint density at radius 1 is 0.738 bits per heavy atom. The zero-order chi connectivity index (χ0) is 30.6. The lowest BCUT2D eigenvalue weighted by Gasteiger charge is -2.30. The van der Waals surface area contributed by atoms with Gasteiger partial charge in [-0.25, -0.2) is 4.79 Å². The Hall–Kier alpha value is -3.55. The molecule has 2 aromatic carbocycles. The molecule has 2 amide bonds. The minimum Gasteiger partial charge on any atom is -0.494 e. The van der Waals surface area contributed by atoms with Crippen LogP contribution in [0.4, 0.5) is 4.79 Å². The summed E-state index contributed by atoms with van der Waals surface area (Å²) in [5.74, 6) is 1.62. The third-order valence-corrected chi connectivity index (χ3v) is 6.86. The normalized spacial score (nSPS) is 10.9. The monoisotopic (exact) mass is 581 g/mol. The van der Waals surface area contributed by atoms with Gasteiger partial charge in [-0.3, -0.25) is 4.79 Å². The van der Waals surface area contributed by atoms with Gasteiger partial charge in [0.05, 0.1) is 19.8 Å². The molecule has 2 rings (SSSR count). The van der Waals surface area contributed by atoms with Crippen LogP contribution in [0.5, 0.6) is 11.5 Å². The van der Waals surface area contributed by atoms with Crippen LogP contribution in [0.1, 0.15) is 101 Å². The van der Waals surface area contributed by atoms with Crippen molar-refractivity contribution in [2.75, 3.05) is 19.8 Å². The predicted octanol–water partition coefficient (Wildman–Crippen LogP) is 7.79. The summed E-state index contributed by atoms with van der Waals surface area (Å²) in [6, 6.07) is 15.4. The molecule has 8 nitrogen and oxygen atoms in total. The van der Waals surface area contributed by atoms with Crippen molar-refractivity contribution in [3.05, 3.63) is 59.7 Å². The lowest BCUT2D eigenvalue weighted by atomic mass is 10.1. The van der Waals surface area contributed by atoms with Crippen LogP contribution in [-0.4, -0.2) is 55.0 Å². The van der Waals surface area contributed by atoms with Gasteiger partial charge in [0.1, 0.15) is 11.5 Å². The molecule has 0 radical (unpaired) electrons. The Bertz CT molecular complexity index is 1030. The van der Waals surface area contributed by atoms with Crippen molar-refractivity contribution in [3.63, 3.8) is 0 Å². The van der Waals surface area contributed by atoms with Crippen LogP contribution in [0.25, 0.3) is 0 Å². The van der Waals surface area contributed by atoms with Crippen LogP contribution >= 0.6 is 0 Å². The second-order valence-electron chi connectivity index (χ2n) is 11.1. The highest BCUT2D eigenvalue weighted by molar-refractivity contribution is 5.94. The average Bonchev–Trinajstić information content (AvgIpc) is 2.97. The summed E-state index contributed by atoms with van der Waals surface area (Å²) in [4.78, 5) is 26.6. The number of unbranched alkanes of at least 4 members (excludes halogenated alkanes) is 7. The third-order valence-electron chi connectivity index (χ3n) is 6.86. The highest BCUT2D eigenvalue weighted by Gasteiger charge is 2.21. The van der Waals surface area contributed by atoms with Gasteiger partial charge < -0.3 is 29.8 Å². The Morgan fingerprint density at radius 3 is 1.81 bits per heavy atom. The molecule has 0 atom stereocenters. The van der Waals surface area contributed by atoms with E-state index in [-0.39, 0.29) is 18.0 Å². The minimum atomic E-state index is -0.394. The number of carbonyl (C=O) groups is 2. The highest BCUT2D eigenvalue weighted by Crippen LogP contribution is 2.17. The molecular formula is C34H51N3O5. The lowest BCUT2D eigenvalue weighted by Crippen LogP contribution is -2.42. The number of rotatable bonds is 21. The maximum absolute atomic E-state index is 12.8. The molecule has 232 valence electrons. The number of hydrogen-bond acceptors (Lipinski definition) is 6. The van der Waals surface area contributed by atoms with Gasteiger partial charge in [-0.2, -0.15) is 0 Å². The van der Waals surface area contributed by atoms with Gasteiger partial charge in [-0.15, -0.1) is 0 Å². The van der Waals surface area contributed by atoms with E-state index in [1.165, 1.54) is 6.21 Å². The fourth-order valence-electron chi connectivity index (χ4n) is 4.64. The molecule has 0 aromatic heterocycles. The van der Waals surface area contributed by atoms with Crippen molar-refractivity contribution >= 4 is 18.2 Å². The molecule has 0 saturated carbocycles. The topological polar surface area (TPSA) is 101 Å². The number of nitrogens with one attached hydrogen (secondary N) is 2. The van der Waals surface area contributed by atoms with E-state index in [1.54, 1.807) is 0 Å². The van der Waals surface area contributed by atoms with E-state index < -0.39 is 6.09 Å². The summed E-state index contributed by atoms with van der Waals surface area (Å²) < 4.78 is 16.9. The van der Waals surface area contributed by atoms with Crippen LogP contribution in [0, 0.1) is 5.41 Å². The van der Waals surface area contributed by atoms with Crippen molar-refractivity contribution in [3.8, 4) is 11.5 Å². The van der Waals surface area contributed by atoms with Crippen molar-refractivity contribution in [1.82, 2.24) is 10.2 Å². The maximum atomic E-state index is 12.8. The first-order chi connectivity index (χ1) is 20.3. The van der Waals surface area contributed by atoms with E-state index in [0.717, 1.165) is 74.8 Å². The highest BCUT2D eigenvalue weighted by atomic mass is 16.5. The van der Waals surface area contributed by atoms with Crippen molar-refractivity contribution < 1.29 is 23.8 Å². The van der Waals surface area contributed by atoms with E-state index in [1.807, 2.05) is 81.1 Å². The minimum absolute atomic E-state index is 0.0439. The van der Waals surface area contributed by atoms with E-state index in [9.17, 15) is 9.59 Å². The maximum Gasteiger partial charge on any atom is 0.407 e. The van der Waals surface area contributed by atoms with Gasteiger partial charge in [0, 0.05) is 24.2 Å². The summed E-state index contributed by atoms with van der Waals surface area (Å²) in [5, 5.41) is 9.79. The van der Waals surface area contributed by atoms with Gasteiger partial charge in [-0.1, -0.05) is 31.4 Å². The van der Waals surface area contributed by atoms with Crippen LogP contribution < -0.4 is 14.8 Å². The van der Waals surface area contributed by atoms with Crippen LogP contribution in [-0.2, 0) is 11.3 Å². The summed E-state index contributed by atoms with van der Waals surface area (Å²) >= 11 is 0. The summed E-state index contributed by atoms with van der Waals surface area (Å²) in [6.07, 6.45) is 9.94. The van der Waals surface area contributed by atoms with Gasteiger partial charge >= 0.3 is 6.09 Å². The van der Waals surface area contributed by atoms with Crippen LogP contribution in [0.15, 0.2) is 48.5 Å². The Balaban J connectivity index is 1.53. The predicted molar refractivity (Wildman–Crippen MR) is 169 cm³/mol. The number of alkyl carbamates (subject to hydrolysis) is 1. The Labute approximate surface area is 252 Å². The summed E-state index contributed by atoms with van der Waals surface area (Å²) in [6.45, 7) is 10.2. The molecule has 0 saturated heterocycles. The largest absolute Gasteiger partial charge is 0.494 e. The SMILES string of the molecule is CC(C)N(C(=O)c1ccc(OCCCCCOc2ccc(CNC(=O)OCCCCCCCC=N)cc2)cc1)C(C)C. The molecule has 0 aliphatic carbocycles. The Morgan fingerprint density at radius 2 is 1.24 bits per heavy atom. The molecule has 0 heterocycles. The van der Waals surface area contributed by atoms with Gasteiger partial charge in [0.2, 0.25) is 0 Å². The Kier molecular flexibility index (Phi) is 16.8. The van der Waals surface area contributed by atoms with Gasteiger partial charge in [0.25, 0.3) is 5.91 Å². The molecule has 0 aliphatic rings. The van der Waals surface area contributed by atoms with Gasteiger partial charge in [-0.05, 0) is 114 Å². The quantitative estimate of drug-likeness (QED) is 0.116. The molecule has 8 heteroatoms. The van der Waals surface area contributed by atoms with Crippen molar-refractivity contribution in [2.45, 2.75) is 104 Å². The lowest BCUT2D eigenvalue weighted by molar-refractivity contribution is 0.0643. The first kappa shape index (κ1) is 34.7. The van der Waals surface area contributed by atoms with Crippen molar-refractivity contribution in [1.29, 1.82) is 5.41 Å². The molecule has 0 unspecified atom stereocenters. The summed E-state index contributed by atoms with van der Waals surface area (Å²) in [7, 11) is 0. The fraction of sp³-hybridized carbons (Fsp3) is 0.559. The molecular weight excluding hydrogens is 530 g/mol. The zero-order valence-corrected chi connectivity index (χ0v) is 26.0. The fourth-order valence-corrected chi connectivity index (χ4v) is 4.64. The number of nitrogens with zero attached hydrogens (tertiary/aromatic N) is 1. The molecule has 2 aromatic rings. The second-order valence-corrected chi connectivity index (χ2v) is 11.1. The molecule has 0 spiro atoms. The molecule has 42 heavy (non-hydrogen) atoms. The zero-order valence-electron chi connectivity index (χ0n) is 26.0. The number of ether oxygens (including phenoxy) is 3. The average molecular weight is 582 g/mol. The smallest absolute Gasteiger partial charge is 0.407 e.